The zero-order valence-corrected chi connectivity index (χ0v) is 11.1. The molecule has 102 valence electrons. The van der Waals surface area contributed by atoms with Gasteiger partial charge in [0.2, 0.25) is 11.6 Å². The molecule has 1 aliphatic carbocycles. The molecule has 0 N–H and O–H groups in total. The maximum Gasteiger partial charge on any atom is 0.311 e. The molecule has 6 nitrogen and oxygen atoms in total. The van der Waals surface area contributed by atoms with Crippen molar-refractivity contribution in [1.29, 1.82) is 0 Å². The van der Waals surface area contributed by atoms with E-state index in [1.54, 1.807) is 12.1 Å². The van der Waals surface area contributed by atoms with Crippen molar-refractivity contribution in [3.05, 3.63) is 51.4 Å². The molecule has 2 aromatic rings. The molecule has 0 radical (unpaired) electrons. The van der Waals surface area contributed by atoms with Crippen LogP contribution in [0.5, 0.6) is 11.6 Å². The predicted octanol–water partition coefficient (Wildman–Crippen LogP) is 3.71. The molecular weight excluding hydrogens is 282 g/mol. The summed E-state index contributed by atoms with van der Waals surface area (Å²) in [4.78, 5) is 18.8. The van der Waals surface area contributed by atoms with Crippen molar-refractivity contribution in [3.8, 4) is 11.6 Å². The number of halogens is 1. The molecule has 1 aliphatic rings. The Bertz CT molecular complexity index is 674. The number of para-hydroxylation sites is 2. The summed E-state index contributed by atoms with van der Waals surface area (Å²) in [5.41, 5.74) is -0.116. The molecule has 1 saturated carbocycles. The van der Waals surface area contributed by atoms with Gasteiger partial charge in [0, 0.05) is 18.1 Å². The molecule has 7 heteroatoms. The first-order valence-corrected chi connectivity index (χ1v) is 6.47. The van der Waals surface area contributed by atoms with Crippen LogP contribution in [0.15, 0.2) is 30.3 Å². The van der Waals surface area contributed by atoms with E-state index in [2.05, 4.69) is 9.97 Å². The second-order valence-corrected chi connectivity index (χ2v) is 4.88. The van der Waals surface area contributed by atoms with Crippen LogP contribution in [-0.2, 0) is 0 Å². The standard InChI is InChI=1S/C13H10ClN3O3/c14-11-7-12(16-13(15-11)8-5-6-8)20-10-4-2-1-3-9(10)17(18)19/h1-4,7-8H,5-6H2. The Morgan fingerprint density at radius 2 is 2.05 bits per heavy atom. The van der Waals surface area contributed by atoms with Crippen LogP contribution in [0, 0.1) is 10.1 Å². The zero-order valence-electron chi connectivity index (χ0n) is 10.3. The summed E-state index contributed by atoms with van der Waals surface area (Å²) in [7, 11) is 0. The summed E-state index contributed by atoms with van der Waals surface area (Å²) >= 11 is 5.93. The summed E-state index contributed by atoms with van der Waals surface area (Å²) in [6.07, 6.45) is 2.07. The third-order valence-electron chi connectivity index (χ3n) is 2.91. The first kappa shape index (κ1) is 12.8. The summed E-state index contributed by atoms with van der Waals surface area (Å²) in [6.45, 7) is 0. The minimum absolute atomic E-state index is 0.116. The number of hydrogen-bond acceptors (Lipinski definition) is 5. The molecule has 0 spiro atoms. The van der Waals surface area contributed by atoms with E-state index < -0.39 is 4.92 Å². The molecule has 0 aliphatic heterocycles. The molecule has 0 amide bonds. The summed E-state index contributed by atoms with van der Waals surface area (Å²) in [5, 5.41) is 11.2. The lowest BCUT2D eigenvalue weighted by Gasteiger charge is -2.07. The number of rotatable bonds is 4. The Hall–Kier alpha value is -2.21. The molecule has 1 aromatic heterocycles. The number of nitro benzene ring substituents is 1. The third-order valence-corrected chi connectivity index (χ3v) is 3.10. The molecule has 0 saturated heterocycles. The topological polar surface area (TPSA) is 78.2 Å². The Morgan fingerprint density at radius 3 is 2.75 bits per heavy atom. The van der Waals surface area contributed by atoms with Gasteiger partial charge >= 0.3 is 5.69 Å². The van der Waals surface area contributed by atoms with E-state index in [1.165, 1.54) is 18.2 Å². The van der Waals surface area contributed by atoms with Gasteiger partial charge in [-0.2, -0.15) is 4.98 Å². The lowest BCUT2D eigenvalue weighted by Crippen LogP contribution is -1.98. The van der Waals surface area contributed by atoms with Gasteiger partial charge in [-0.25, -0.2) is 4.98 Å². The van der Waals surface area contributed by atoms with E-state index in [0.717, 1.165) is 12.8 Å². The minimum Gasteiger partial charge on any atom is -0.432 e. The quantitative estimate of drug-likeness (QED) is 0.487. The highest BCUT2D eigenvalue weighted by molar-refractivity contribution is 6.29. The number of hydrogen-bond donors (Lipinski definition) is 0. The average Bonchev–Trinajstić information content (AvgIpc) is 3.22. The average molecular weight is 292 g/mol. The maximum absolute atomic E-state index is 10.9. The second-order valence-electron chi connectivity index (χ2n) is 4.49. The highest BCUT2D eigenvalue weighted by Gasteiger charge is 2.27. The lowest BCUT2D eigenvalue weighted by atomic mass is 10.3. The summed E-state index contributed by atoms with van der Waals surface area (Å²) < 4.78 is 5.49. The second kappa shape index (κ2) is 5.05. The van der Waals surface area contributed by atoms with Crippen LogP contribution in [0.25, 0.3) is 0 Å². The number of ether oxygens (including phenoxy) is 1. The zero-order chi connectivity index (χ0) is 14.1. The number of nitro groups is 1. The van der Waals surface area contributed by atoms with Gasteiger partial charge in [-0.05, 0) is 18.9 Å². The van der Waals surface area contributed by atoms with Crippen molar-refractivity contribution in [3.63, 3.8) is 0 Å². The van der Waals surface area contributed by atoms with Gasteiger partial charge in [0.15, 0.2) is 0 Å². The van der Waals surface area contributed by atoms with Crippen molar-refractivity contribution in [2.45, 2.75) is 18.8 Å². The molecule has 0 bridgehead atoms. The molecule has 1 aromatic carbocycles. The van der Waals surface area contributed by atoms with Gasteiger partial charge in [-0.15, -0.1) is 0 Å². The van der Waals surface area contributed by atoms with Gasteiger partial charge in [0.1, 0.15) is 11.0 Å². The molecule has 0 atom stereocenters. The highest BCUT2D eigenvalue weighted by atomic mass is 35.5. The van der Waals surface area contributed by atoms with Gasteiger partial charge in [0.25, 0.3) is 0 Å². The minimum atomic E-state index is -0.500. The van der Waals surface area contributed by atoms with Crippen LogP contribution in [0.3, 0.4) is 0 Å². The number of nitrogens with zero attached hydrogens (tertiary/aromatic N) is 3. The monoisotopic (exact) mass is 291 g/mol. The fourth-order valence-electron chi connectivity index (χ4n) is 1.80. The molecule has 1 fully saturated rings. The lowest BCUT2D eigenvalue weighted by molar-refractivity contribution is -0.385. The van der Waals surface area contributed by atoms with Crippen molar-refractivity contribution in [1.82, 2.24) is 9.97 Å². The van der Waals surface area contributed by atoms with Gasteiger partial charge < -0.3 is 4.74 Å². The van der Waals surface area contributed by atoms with E-state index >= 15 is 0 Å². The fraction of sp³-hybridized carbons (Fsp3) is 0.231. The first-order chi connectivity index (χ1) is 9.63. The Labute approximate surface area is 119 Å². The van der Waals surface area contributed by atoms with Gasteiger partial charge in [0.05, 0.1) is 4.92 Å². The van der Waals surface area contributed by atoms with E-state index in [0.29, 0.717) is 11.7 Å². The van der Waals surface area contributed by atoms with Gasteiger partial charge in [-0.1, -0.05) is 23.7 Å². The molecular formula is C13H10ClN3O3. The number of benzene rings is 1. The van der Waals surface area contributed by atoms with Crippen LogP contribution in [0.2, 0.25) is 5.15 Å². The van der Waals surface area contributed by atoms with Gasteiger partial charge in [-0.3, -0.25) is 10.1 Å². The van der Waals surface area contributed by atoms with Crippen LogP contribution in [-0.4, -0.2) is 14.9 Å². The van der Waals surface area contributed by atoms with Crippen molar-refractivity contribution in [2.24, 2.45) is 0 Å². The Morgan fingerprint density at radius 1 is 1.30 bits per heavy atom. The molecule has 1 heterocycles. The van der Waals surface area contributed by atoms with Crippen LogP contribution in [0.4, 0.5) is 5.69 Å². The van der Waals surface area contributed by atoms with Crippen molar-refractivity contribution >= 4 is 17.3 Å². The normalized spacial score (nSPS) is 14.1. The fourth-order valence-corrected chi connectivity index (χ4v) is 1.98. The summed E-state index contributed by atoms with van der Waals surface area (Å²) in [6, 6.07) is 7.58. The van der Waals surface area contributed by atoms with Crippen molar-refractivity contribution < 1.29 is 9.66 Å². The molecule has 0 unspecified atom stereocenters. The summed E-state index contributed by atoms with van der Waals surface area (Å²) in [5.74, 6) is 1.31. The largest absolute Gasteiger partial charge is 0.432 e. The van der Waals surface area contributed by atoms with E-state index in [4.69, 9.17) is 16.3 Å². The van der Waals surface area contributed by atoms with E-state index in [9.17, 15) is 10.1 Å². The van der Waals surface area contributed by atoms with Crippen LogP contribution in [0.1, 0.15) is 24.6 Å². The SMILES string of the molecule is O=[N+]([O-])c1ccccc1Oc1cc(Cl)nc(C2CC2)n1. The number of aromatic nitrogens is 2. The smallest absolute Gasteiger partial charge is 0.311 e. The van der Waals surface area contributed by atoms with Crippen LogP contribution < -0.4 is 4.74 Å². The van der Waals surface area contributed by atoms with E-state index in [1.807, 2.05) is 0 Å². The maximum atomic E-state index is 10.9. The molecule has 20 heavy (non-hydrogen) atoms. The predicted molar refractivity (Wildman–Crippen MR) is 72.2 cm³/mol. The Balaban J connectivity index is 1.93. The van der Waals surface area contributed by atoms with Crippen LogP contribution >= 0.6 is 11.6 Å². The Kier molecular flexibility index (Phi) is 3.23. The first-order valence-electron chi connectivity index (χ1n) is 6.09. The van der Waals surface area contributed by atoms with E-state index in [-0.39, 0.29) is 22.5 Å². The van der Waals surface area contributed by atoms with Crippen molar-refractivity contribution in [2.75, 3.05) is 0 Å². The third kappa shape index (κ3) is 2.70. The molecule has 3 rings (SSSR count). The highest BCUT2D eigenvalue weighted by Crippen LogP contribution is 2.39.